The number of aliphatic carboxylic acids is 1. The summed E-state index contributed by atoms with van der Waals surface area (Å²) in [7, 11) is 0. The van der Waals surface area contributed by atoms with Crippen molar-refractivity contribution >= 4 is 41.8 Å². The Kier molecular flexibility index (Phi) is 6.88. The van der Waals surface area contributed by atoms with E-state index in [1.165, 1.54) is 0 Å². The van der Waals surface area contributed by atoms with Gasteiger partial charge in [-0.1, -0.05) is 61.0 Å². The number of nitrogens with zero attached hydrogens (tertiary/aromatic N) is 2. The fourth-order valence-corrected chi connectivity index (χ4v) is 5.68. The number of aliphatic imine (C=N–C) groups is 1. The van der Waals surface area contributed by atoms with Crippen LogP contribution in [0.5, 0.6) is 0 Å². The Morgan fingerprint density at radius 3 is 2.41 bits per heavy atom. The van der Waals surface area contributed by atoms with Crippen molar-refractivity contribution in [2.24, 2.45) is 16.3 Å². The molecule has 4 atom stereocenters. The van der Waals surface area contributed by atoms with Gasteiger partial charge < -0.3 is 10.0 Å². The van der Waals surface area contributed by atoms with Crippen LogP contribution in [0.25, 0.3) is 0 Å². The average Bonchev–Trinajstić information content (AvgIpc) is 3.62. The first-order valence-electron chi connectivity index (χ1n) is 11.4. The van der Waals surface area contributed by atoms with Crippen LogP contribution in [0.2, 0.25) is 10.0 Å². The van der Waals surface area contributed by atoms with Crippen molar-refractivity contribution < 1.29 is 14.7 Å². The topological polar surface area (TPSA) is 70.0 Å². The number of halogens is 2. The Bertz CT molecular complexity index is 1130. The molecule has 7 heteroatoms. The van der Waals surface area contributed by atoms with E-state index in [1.54, 1.807) is 13.0 Å². The van der Waals surface area contributed by atoms with Crippen LogP contribution in [-0.4, -0.2) is 34.6 Å². The number of amides is 1. The summed E-state index contributed by atoms with van der Waals surface area (Å²) in [6, 6.07) is 14.3. The van der Waals surface area contributed by atoms with Crippen molar-refractivity contribution in [3.05, 3.63) is 82.0 Å². The lowest BCUT2D eigenvalue weighted by Gasteiger charge is -2.52. The zero-order chi connectivity index (χ0) is 24.6. The second kappa shape index (κ2) is 9.55. The van der Waals surface area contributed by atoms with E-state index in [9.17, 15) is 14.7 Å². The van der Waals surface area contributed by atoms with Crippen molar-refractivity contribution in [3.63, 3.8) is 0 Å². The fourth-order valence-electron chi connectivity index (χ4n) is 5.35. The first-order chi connectivity index (χ1) is 16.1. The summed E-state index contributed by atoms with van der Waals surface area (Å²) in [6.07, 6.45) is 2.01. The quantitative estimate of drug-likeness (QED) is 0.420. The van der Waals surface area contributed by atoms with Crippen molar-refractivity contribution in [2.75, 3.05) is 0 Å². The SMILES string of the molecule is C=NC(=C)[C@H](C1CC1)N1C(=O)[C@@](C)(CC(=O)O)C[C@H](c2cccc(Cl)c2)[C@H]1c1ccc(Cl)cc1. The maximum atomic E-state index is 14.2. The Balaban J connectivity index is 1.94. The van der Waals surface area contributed by atoms with Gasteiger partial charge in [-0.25, -0.2) is 0 Å². The largest absolute Gasteiger partial charge is 0.481 e. The molecule has 1 amide bonds. The van der Waals surface area contributed by atoms with Gasteiger partial charge in [-0.2, -0.15) is 0 Å². The standard InChI is InChI=1S/C27H28Cl2N2O3/c1-16(30-3)24(17-7-8-17)31-25(18-9-11-20(28)12-10-18)22(19-5-4-6-21(29)13-19)14-27(2,26(31)34)15-23(32)33/h4-6,9-13,17,22,24-25H,1,3,7-8,14-15H2,2H3,(H,32,33)/t22-,24-,25-,27-/m1/s1. The zero-order valence-electron chi connectivity index (χ0n) is 19.1. The van der Waals surface area contributed by atoms with Crippen LogP contribution < -0.4 is 0 Å². The molecule has 0 unspecified atom stereocenters. The number of hydrogen-bond acceptors (Lipinski definition) is 3. The third kappa shape index (κ3) is 4.77. The first kappa shape index (κ1) is 24.5. The number of carboxylic acids is 1. The molecule has 2 aromatic carbocycles. The van der Waals surface area contributed by atoms with Gasteiger partial charge in [-0.3, -0.25) is 14.6 Å². The molecule has 1 heterocycles. The molecule has 0 bridgehead atoms. The molecule has 2 aromatic rings. The fraction of sp³-hybridized carbons (Fsp3) is 0.370. The van der Waals surface area contributed by atoms with Gasteiger partial charge >= 0.3 is 5.97 Å². The second-order valence-corrected chi connectivity index (χ2v) is 10.5. The highest BCUT2D eigenvalue weighted by atomic mass is 35.5. The third-order valence-electron chi connectivity index (χ3n) is 7.04. The van der Waals surface area contributed by atoms with E-state index in [2.05, 4.69) is 18.3 Å². The summed E-state index contributed by atoms with van der Waals surface area (Å²) in [4.78, 5) is 32.0. The molecule has 4 rings (SSSR count). The Hall–Kier alpha value is -2.63. The molecule has 1 saturated carbocycles. The van der Waals surface area contributed by atoms with Crippen LogP contribution in [0, 0.1) is 11.3 Å². The number of likely N-dealkylation sites (tertiary alicyclic amines) is 1. The normalized spacial score (nSPS) is 25.6. The predicted molar refractivity (Wildman–Crippen MR) is 135 cm³/mol. The maximum absolute atomic E-state index is 14.2. The summed E-state index contributed by atoms with van der Waals surface area (Å²) < 4.78 is 0. The monoisotopic (exact) mass is 498 g/mol. The molecular weight excluding hydrogens is 471 g/mol. The molecule has 0 radical (unpaired) electrons. The molecule has 0 aromatic heterocycles. The van der Waals surface area contributed by atoms with Gasteiger partial charge in [0.05, 0.1) is 29.6 Å². The van der Waals surface area contributed by atoms with Gasteiger partial charge in [0.25, 0.3) is 0 Å². The number of hydrogen-bond donors (Lipinski definition) is 1. The lowest BCUT2D eigenvalue weighted by Crippen LogP contribution is -2.57. The van der Waals surface area contributed by atoms with E-state index in [0.717, 1.165) is 24.0 Å². The smallest absolute Gasteiger partial charge is 0.304 e. The van der Waals surface area contributed by atoms with Crippen molar-refractivity contribution in [3.8, 4) is 0 Å². The van der Waals surface area contributed by atoms with Gasteiger partial charge in [0.15, 0.2) is 0 Å². The molecular formula is C27H28Cl2N2O3. The summed E-state index contributed by atoms with van der Waals surface area (Å²) in [6.45, 7) is 9.55. The third-order valence-corrected chi connectivity index (χ3v) is 7.53. The van der Waals surface area contributed by atoms with Crippen LogP contribution in [-0.2, 0) is 9.59 Å². The van der Waals surface area contributed by atoms with E-state index in [4.69, 9.17) is 23.2 Å². The Morgan fingerprint density at radius 2 is 1.85 bits per heavy atom. The predicted octanol–water partition coefficient (Wildman–Crippen LogP) is 6.52. The van der Waals surface area contributed by atoms with E-state index >= 15 is 0 Å². The zero-order valence-corrected chi connectivity index (χ0v) is 20.6. The summed E-state index contributed by atoms with van der Waals surface area (Å²) >= 11 is 12.6. The first-order valence-corrected chi connectivity index (χ1v) is 12.1. The van der Waals surface area contributed by atoms with E-state index in [0.29, 0.717) is 22.2 Å². The average molecular weight is 499 g/mol. The molecule has 0 spiro atoms. The lowest BCUT2D eigenvalue weighted by molar-refractivity contribution is -0.160. The van der Waals surface area contributed by atoms with Crippen molar-refractivity contribution in [1.29, 1.82) is 0 Å². The highest BCUT2D eigenvalue weighted by molar-refractivity contribution is 6.30. The van der Waals surface area contributed by atoms with Gasteiger partial charge in [0.2, 0.25) is 5.91 Å². The molecule has 1 saturated heterocycles. The molecule has 2 fully saturated rings. The van der Waals surface area contributed by atoms with Gasteiger partial charge in [-0.15, -0.1) is 0 Å². The number of piperidine rings is 1. The molecule has 1 aliphatic heterocycles. The van der Waals surface area contributed by atoms with Crippen LogP contribution in [0.4, 0.5) is 0 Å². The van der Waals surface area contributed by atoms with Crippen molar-refractivity contribution in [2.45, 2.75) is 50.6 Å². The highest BCUT2D eigenvalue weighted by Gasteiger charge is 2.55. The molecule has 5 nitrogen and oxygen atoms in total. The number of carbonyl (C=O) groups is 2. The number of rotatable bonds is 8. The summed E-state index contributed by atoms with van der Waals surface area (Å²) in [5.41, 5.74) is 1.30. The minimum atomic E-state index is -1.10. The summed E-state index contributed by atoms with van der Waals surface area (Å²) in [5.74, 6) is -1.19. The maximum Gasteiger partial charge on any atom is 0.304 e. The van der Waals surface area contributed by atoms with Gasteiger partial charge in [0, 0.05) is 16.0 Å². The number of benzene rings is 2. The van der Waals surface area contributed by atoms with Crippen molar-refractivity contribution in [1.82, 2.24) is 4.90 Å². The van der Waals surface area contributed by atoms with Gasteiger partial charge in [0.1, 0.15) is 0 Å². The molecule has 2 aliphatic rings. The minimum absolute atomic E-state index is 0.194. The molecule has 1 aliphatic carbocycles. The lowest BCUT2D eigenvalue weighted by atomic mass is 9.67. The second-order valence-electron chi connectivity index (χ2n) is 9.64. The summed E-state index contributed by atoms with van der Waals surface area (Å²) in [5, 5.41) is 10.9. The van der Waals surface area contributed by atoms with Crippen LogP contribution in [0.1, 0.15) is 55.7 Å². The van der Waals surface area contributed by atoms with E-state index in [1.807, 2.05) is 47.4 Å². The van der Waals surface area contributed by atoms with Crippen LogP contribution in [0.15, 0.2) is 65.8 Å². The number of carboxylic acid groups (broad SMARTS) is 1. The van der Waals surface area contributed by atoms with Gasteiger partial charge in [-0.05, 0) is 67.3 Å². The van der Waals surface area contributed by atoms with Crippen LogP contribution in [0.3, 0.4) is 0 Å². The molecule has 178 valence electrons. The Morgan fingerprint density at radius 1 is 1.18 bits per heavy atom. The molecule has 34 heavy (non-hydrogen) atoms. The number of carbonyl (C=O) groups excluding carboxylic acids is 1. The highest BCUT2D eigenvalue weighted by Crippen LogP contribution is 2.54. The van der Waals surface area contributed by atoms with E-state index < -0.39 is 11.4 Å². The van der Waals surface area contributed by atoms with Crippen LogP contribution >= 0.6 is 23.2 Å². The Labute approximate surface area is 210 Å². The molecule has 1 N–H and O–H groups in total. The minimum Gasteiger partial charge on any atom is -0.481 e. The van der Waals surface area contributed by atoms with E-state index in [-0.39, 0.29) is 36.2 Å².